The van der Waals surface area contributed by atoms with Crippen LogP contribution in [-0.2, 0) is 0 Å². The minimum atomic E-state index is 0.0832. The first-order valence-corrected chi connectivity index (χ1v) is 3.30. The second kappa shape index (κ2) is 4.59. The molecule has 0 saturated heterocycles. The molecule has 0 aliphatic heterocycles. The second-order valence-electron chi connectivity index (χ2n) is 1.85. The average molecular weight is 154 g/mol. The van der Waals surface area contributed by atoms with Crippen LogP contribution in [0.3, 0.4) is 0 Å². The molecule has 0 radical (unpaired) electrons. The normalized spacial score (nSPS) is 9.55. The number of aromatic nitrogens is 2. The van der Waals surface area contributed by atoms with E-state index in [1.807, 2.05) is 0 Å². The summed E-state index contributed by atoms with van der Waals surface area (Å²) < 4.78 is 0. The first kappa shape index (κ1) is 7.90. The Morgan fingerprint density at radius 2 is 2.09 bits per heavy atom. The van der Waals surface area contributed by atoms with Crippen LogP contribution in [0.25, 0.3) is 0 Å². The molecule has 0 bridgehead atoms. The molecule has 0 amide bonds. The van der Waals surface area contributed by atoms with Gasteiger partial charge in [0, 0.05) is 18.9 Å². The van der Waals surface area contributed by atoms with Crippen LogP contribution in [0, 0.1) is 0 Å². The Bertz CT molecular complexity index is 191. The fraction of sp³-hybridized carbons (Fsp3) is 0.333. The first-order valence-electron chi connectivity index (χ1n) is 3.30. The standard InChI is InChI=1S/C6H10N4O/c11-5-4-9-10-6-7-2-1-3-8-6/h1-3,9,11H,4-5H2,(H,7,8,10). The van der Waals surface area contributed by atoms with Gasteiger partial charge in [0.15, 0.2) is 0 Å². The van der Waals surface area contributed by atoms with Crippen LogP contribution in [0.1, 0.15) is 0 Å². The monoisotopic (exact) mass is 154 g/mol. The average Bonchev–Trinajstić information content (AvgIpc) is 2.07. The molecule has 0 aromatic carbocycles. The van der Waals surface area contributed by atoms with E-state index < -0.39 is 0 Å². The molecule has 0 aliphatic rings. The zero-order valence-corrected chi connectivity index (χ0v) is 5.99. The van der Waals surface area contributed by atoms with E-state index in [-0.39, 0.29) is 6.61 Å². The highest BCUT2D eigenvalue weighted by Gasteiger charge is 1.88. The van der Waals surface area contributed by atoms with Crippen molar-refractivity contribution in [3.8, 4) is 0 Å². The first-order chi connectivity index (χ1) is 5.43. The lowest BCUT2D eigenvalue weighted by molar-refractivity contribution is 0.296. The van der Waals surface area contributed by atoms with Gasteiger partial charge in [-0.3, -0.25) is 5.43 Å². The largest absolute Gasteiger partial charge is 0.395 e. The highest BCUT2D eigenvalue weighted by atomic mass is 16.3. The van der Waals surface area contributed by atoms with Crippen molar-refractivity contribution < 1.29 is 5.11 Å². The van der Waals surface area contributed by atoms with E-state index in [1.54, 1.807) is 18.5 Å². The Morgan fingerprint density at radius 1 is 1.36 bits per heavy atom. The lowest BCUT2D eigenvalue weighted by atomic mass is 10.7. The summed E-state index contributed by atoms with van der Waals surface area (Å²) in [7, 11) is 0. The van der Waals surface area contributed by atoms with Gasteiger partial charge in [0.1, 0.15) is 0 Å². The van der Waals surface area contributed by atoms with E-state index in [4.69, 9.17) is 5.11 Å². The summed E-state index contributed by atoms with van der Waals surface area (Å²) in [6.45, 7) is 0.554. The zero-order chi connectivity index (χ0) is 7.94. The van der Waals surface area contributed by atoms with Gasteiger partial charge >= 0.3 is 0 Å². The van der Waals surface area contributed by atoms with Crippen LogP contribution in [0.15, 0.2) is 18.5 Å². The number of anilines is 1. The maximum Gasteiger partial charge on any atom is 0.237 e. The van der Waals surface area contributed by atoms with Gasteiger partial charge in [0.25, 0.3) is 0 Å². The Balaban J connectivity index is 2.28. The van der Waals surface area contributed by atoms with E-state index in [1.165, 1.54) is 0 Å². The fourth-order valence-corrected chi connectivity index (χ4v) is 0.561. The van der Waals surface area contributed by atoms with Gasteiger partial charge in [-0.2, -0.15) is 0 Å². The molecule has 0 atom stereocenters. The molecule has 0 spiro atoms. The predicted molar refractivity (Wildman–Crippen MR) is 40.7 cm³/mol. The fourth-order valence-electron chi connectivity index (χ4n) is 0.561. The quantitative estimate of drug-likeness (QED) is 0.398. The Morgan fingerprint density at radius 3 is 2.73 bits per heavy atom. The van der Waals surface area contributed by atoms with Gasteiger partial charge in [-0.1, -0.05) is 0 Å². The molecular formula is C6H10N4O. The van der Waals surface area contributed by atoms with Gasteiger partial charge in [0.2, 0.25) is 5.95 Å². The molecule has 11 heavy (non-hydrogen) atoms. The summed E-state index contributed by atoms with van der Waals surface area (Å²) in [5, 5.41) is 8.40. The van der Waals surface area contributed by atoms with Crippen LogP contribution in [0.2, 0.25) is 0 Å². The molecule has 1 aromatic heterocycles. The summed E-state index contributed by atoms with van der Waals surface area (Å²) in [6, 6.07) is 1.73. The second-order valence-corrected chi connectivity index (χ2v) is 1.85. The molecule has 0 saturated carbocycles. The molecule has 0 fully saturated rings. The number of nitrogens with zero attached hydrogens (tertiary/aromatic N) is 2. The molecule has 1 aromatic rings. The van der Waals surface area contributed by atoms with Gasteiger partial charge in [0.05, 0.1) is 6.61 Å². The number of hydrogen-bond acceptors (Lipinski definition) is 5. The number of hydrazine groups is 1. The topological polar surface area (TPSA) is 70.1 Å². The lowest BCUT2D eigenvalue weighted by Crippen LogP contribution is -2.25. The van der Waals surface area contributed by atoms with Crippen LogP contribution in [0.4, 0.5) is 5.95 Å². The van der Waals surface area contributed by atoms with Crippen molar-refractivity contribution in [2.75, 3.05) is 18.6 Å². The van der Waals surface area contributed by atoms with Crippen molar-refractivity contribution >= 4 is 5.95 Å². The molecule has 0 unspecified atom stereocenters. The van der Waals surface area contributed by atoms with E-state index in [9.17, 15) is 0 Å². The van der Waals surface area contributed by atoms with Crippen molar-refractivity contribution in [3.05, 3.63) is 18.5 Å². The smallest absolute Gasteiger partial charge is 0.237 e. The summed E-state index contributed by atoms with van der Waals surface area (Å²) in [6.07, 6.45) is 3.27. The van der Waals surface area contributed by atoms with Crippen molar-refractivity contribution in [1.29, 1.82) is 0 Å². The lowest BCUT2D eigenvalue weighted by Gasteiger charge is -2.02. The van der Waals surface area contributed by atoms with Gasteiger partial charge in [-0.05, 0) is 6.07 Å². The third-order valence-corrected chi connectivity index (χ3v) is 1.00. The van der Waals surface area contributed by atoms with E-state index in [2.05, 4.69) is 20.8 Å². The molecule has 5 nitrogen and oxygen atoms in total. The Kier molecular flexibility index (Phi) is 3.30. The maximum absolute atomic E-state index is 8.40. The SMILES string of the molecule is OCCNNc1ncccn1. The molecule has 0 aliphatic carbocycles. The van der Waals surface area contributed by atoms with Crippen LogP contribution in [-0.4, -0.2) is 28.2 Å². The molecule has 1 heterocycles. The summed E-state index contributed by atoms with van der Waals surface area (Å²) in [5.41, 5.74) is 5.44. The number of hydrogen-bond donors (Lipinski definition) is 3. The zero-order valence-electron chi connectivity index (χ0n) is 5.99. The minimum Gasteiger partial charge on any atom is -0.395 e. The number of aliphatic hydroxyl groups excluding tert-OH is 1. The molecule has 3 N–H and O–H groups in total. The van der Waals surface area contributed by atoms with Gasteiger partial charge in [-0.15, -0.1) is 0 Å². The highest BCUT2D eigenvalue weighted by molar-refractivity contribution is 5.19. The van der Waals surface area contributed by atoms with Crippen molar-refractivity contribution in [2.24, 2.45) is 0 Å². The maximum atomic E-state index is 8.40. The van der Waals surface area contributed by atoms with E-state index >= 15 is 0 Å². The third kappa shape index (κ3) is 2.92. The minimum absolute atomic E-state index is 0.0832. The number of nitrogens with one attached hydrogen (secondary N) is 2. The van der Waals surface area contributed by atoms with Gasteiger partial charge < -0.3 is 5.11 Å². The highest BCUT2D eigenvalue weighted by Crippen LogP contribution is 1.89. The Labute approximate surface area is 64.5 Å². The van der Waals surface area contributed by atoms with Crippen molar-refractivity contribution in [2.45, 2.75) is 0 Å². The predicted octanol–water partition coefficient (Wildman–Crippen LogP) is -0.615. The van der Waals surface area contributed by atoms with Gasteiger partial charge in [-0.25, -0.2) is 15.4 Å². The van der Waals surface area contributed by atoms with Crippen LogP contribution < -0.4 is 10.9 Å². The molecule has 5 heteroatoms. The van der Waals surface area contributed by atoms with Crippen LogP contribution in [0.5, 0.6) is 0 Å². The summed E-state index contributed by atoms with van der Waals surface area (Å²) in [5.74, 6) is 0.501. The number of rotatable bonds is 4. The number of aliphatic hydroxyl groups is 1. The van der Waals surface area contributed by atoms with Crippen LogP contribution >= 0.6 is 0 Å². The van der Waals surface area contributed by atoms with Crippen molar-refractivity contribution in [1.82, 2.24) is 15.4 Å². The summed E-state index contributed by atoms with van der Waals surface area (Å²) >= 11 is 0. The summed E-state index contributed by atoms with van der Waals surface area (Å²) in [4.78, 5) is 7.77. The van der Waals surface area contributed by atoms with E-state index in [0.717, 1.165) is 0 Å². The molecule has 60 valence electrons. The van der Waals surface area contributed by atoms with E-state index in [0.29, 0.717) is 12.5 Å². The molecule has 1 rings (SSSR count). The Hall–Kier alpha value is -1.20. The van der Waals surface area contributed by atoms with Crippen molar-refractivity contribution in [3.63, 3.8) is 0 Å². The third-order valence-electron chi connectivity index (χ3n) is 1.00. The molecular weight excluding hydrogens is 144 g/mol.